The summed E-state index contributed by atoms with van der Waals surface area (Å²) in [5.41, 5.74) is 1.21. The van der Waals surface area contributed by atoms with E-state index in [0.29, 0.717) is 48.9 Å². The van der Waals surface area contributed by atoms with Crippen LogP contribution in [0.1, 0.15) is 36.6 Å². The minimum absolute atomic E-state index is 0.0291. The van der Waals surface area contributed by atoms with E-state index < -0.39 is 0 Å². The first-order chi connectivity index (χ1) is 13.7. The van der Waals surface area contributed by atoms with Gasteiger partial charge < -0.3 is 9.42 Å². The van der Waals surface area contributed by atoms with E-state index in [2.05, 4.69) is 15.1 Å². The van der Waals surface area contributed by atoms with E-state index in [1.807, 2.05) is 23.1 Å². The lowest BCUT2D eigenvalue weighted by molar-refractivity contribution is -0.132. The monoisotopic (exact) mass is 380 g/mol. The average molecular weight is 380 g/mol. The number of halogens is 1. The quantitative estimate of drug-likeness (QED) is 0.676. The molecule has 3 aromatic rings. The third kappa shape index (κ3) is 4.08. The zero-order chi connectivity index (χ0) is 19.3. The van der Waals surface area contributed by atoms with Gasteiger partial charge in [0.2, 0.25) is 5.91 Å². The van der Waals surface area contributed by atoms with Gasteiger partial charge in [-0.05, 0) is 43.0 Å². The number of nitrogens with zero attached hydrogens (tertiary/aromatic N) is 4. The fraction of sp³-hybridized carbons (Fsp3) is 0.333. The SMILES string of the molecule is O=C(CCc1ccccc1F)N1CCC[C@H](c2noc(-c3ccccn3)n2)C1. The standard InChI is InChI=1S/C21H21FN4O2/c22-17-8-2-1-6-15(17)10-11-19(27)26-13-5-7-16(14-26)20-24-21(28-25-20)18-9-3-4-12-23-18/h1-4,6,8-9,12,16H,5,7,10-11,13-14H2/t16-/m0/s1. The first kappa shape index (κ1) is 18.3. The van der Waals surface area contributed by atoms with E-state index in [0.717, 1.165) is 12.8 Å². The molecule has 0 spiro atoms. The van der Waals surface area contributed by atoms with Crippen molar-refractivity contribution in [1.82, 2.24) is 20.0 Å². The highest BCUT2D eigenvalue weighted by atomic mass is 19.1. The molecule has 3 heterocycles. The second-order valence-corrected chi connectivity index (χ2v) is 6.94. The Labute approximate surface area is 162 Å². The molecular weight excluding hydrogens is 359 g/mol. The number of carbonyl (C=O) groups is 1. The molecule has 1 aliphatic rings. The Morgan fingerprint density at radius 3 is 2.89 bits per heavy atom. The van der Waals surface area contributed by atoms with Gasteiger partial charge in [-0.3, -0.25) is 9.78 Å². The fourth-order valence-corrected chi connectivity index (χ4v) is 3.51. The molecule has 1 amide bonds. The van der Waals surface area contributed by atoms with Crippen molar-refractivity contribution >= 4 is 5.91 Å². The number of hydrogen-bond acceptors (Lipinski definition) is 5. The van der Waals surface area contributed by atoms with Crippen molar-refractivity contribution in [2.24, 2.45) is 0 Å². The molecule has 6 nitrogen and oxygen atoms in total. The molecule has 1 atom stereocenters. The van der Waals surface area contributed by atoms with E-state index in [4.69, 9.17) is 4.52 Å². The first-order valence-electron chi connectivity index (χ1n) is 9.47. The molecule has 0 unspecified atom stereocenters. The molecule has 0 radical (unpaired) electrons. The summed E-state index contributed by atoms with van der Waals surface area (Å²) in [4.78, 5) is 23.1. The zero-order valence-electron chi connectivity index (χ0n) is 15.4. The maximum atomic E-state index is 13.8. The average Bonchev–Trinajstić information content (AvgIpc) is 3.24. The van der Waals surface area contributed by atoms with Gasteiger partial charge in [0.1, 0.15) is 11.5 Å². The summed E-state index contributed by atoms with van der Waals surface area (Å²) >= 11 is 0. The van der Waals surface area contributed by atoms with Crippen LogP contribution in [-0.4, -0.2) is 39.0 Å². The Morgan fingerprint density at radius 1 is 1.21 bits per heavy atom. The number of hydrogen-bond donors (Lipinski definition) is 0. The number of aryl methyl sites for hydroxylation is 1. The van der Waals surface area contributed by atoms with Gasteiger partial charge in [-0.15, -0.1) is 0 Å². The summed E-state index contributed by atoms with van der Waals surface area (Å²) in [6, 6.07) is 12.1. The molecule has 144 valence electrons. The van der Waals surface area contributed by atoms with Crippen LogP contribution < -0.4 is 0 Å². The molecular formula is C21H21FN4O2. The van der Waals surface area contributed by atoms with Crippen LogP contribution in [0.3, 0.4) is 0 Å². The van der Waals surface area contributed by atoms with Crippen molar-refractivity contribution in [2.75, 3.05) is 13.1 Å². The molecule has 28 heavy (non-hydrogen) atoms. The second-order valence-electron chi connectivity index (χ2n) is 6.94. The van der Waals surface area contributed by atoms with Crippen molar-refractivity contribution < 1.29 is 13.7 Å². The molecule has 2 aromatic heterocycles. The van der Waals surface area contributed by atoms with Crippen LogP contribution in [0.25, 0.3) is 11.6 Å². The number of carbonyl (C=O) groups excluding carboxylic acids is 1. The highest BCUT2D eigenvalue weighted by Crippen LogP contribution is 2.27. The molecule has 0 bridgehead atoms. The predicted octanol–water partition coefficient (Wildman–Crippen LogP) is 3.61. The summed E-state index contributed by atoms with van der Waals surface area (Å²) in [7, 11) is 0. The number of piperidine rings is 1. The lowest BCUT2D eigenvalue weighted by Gasteiger charge is -2.31. The van der Waals surface area contributed by atoms with Crippen molar-refractivity contribution in [2.45, 2.75) is 31.6 Å². The predicted molar refractivity (Wildman–Crippen MR) is 101 cm³/mol. The molecule has 1 saturated heterocycles. The summed E-state index contributed by atoms with van der Waals surface area (Å²) < 4.78 is 19.1. The number of amides is 1. The smallest absolute Gasteiger partial charge is 0.276 e. The van der Waals surface area contributed by atoms with Gasteiger partial charge >= 0.3 is 0 Å². The summed E-state index contributed by atoms with van der Waals surface area (Å²) in [5, 5.41) is 4.10. The zero-order valence-corrected chi connectivity index (χ0v) is 15.4. The van der Waals surface area contributed by atoms with Crippen molar-refractivity contribution in [3.8, 4) is 11.6 Å². The van der Waals surface area contributed by atoms with Gasteiger partial charge in [0.05, 0.1) is 0 Å². The van der Waals surface area contributed by atoms with Crippen LogP contribution in [0.2, 0.25) is 0 Å². The third-order valence-corrected chi connectivity index (χ3v) is 5.03. The van der Waals surface area contributed by atoms with E-state index in [9.17, 15) is 9.18 Å². The third-order valence-electron chi connectivity index (χ3n) is 5.03. The van der Waals surface area contributed by atoms with Crippen LogP contribution in [0, 0.1) is 5.82 Å². The summed E-state index contributed by atoms with van der Waals surface area (Å²) in [6.07, 6.45) is 4.15. The van der Waals surface area contributed by atoms with Gasteiger partial charge in [0, 0.05) is 31.6 Å². The molecule has 0 aliphatic carbocycles. The largest absolute Gasteiger partial charge is 0.342 e. The number of likely N-dealkylation sites (tertiary alicyclic amines) is 1. The van der Waals surface area contributed by atoms with Crippen LogP contribution in [0.4, 0.5) is 4.39 Å². The van der Waals surface area contributed by atoms with Crippen molar-refractivity contribution in [3.63, 3.8) is 0 Å². The summed E-state index contributed by atoms with van der Waals surface area (Å²) in [6.45, 7) is 1.26. The van der Waals surface area contributed by atoms with Crippen molar-refractivity contribution in [1.29, 1.82) is 0 Å². The van der Waals surface area contributed by atoms with Gasteiger partial charge in [0.15, 0.2) is 5.82 Å². The highest BCUT2D eigenvalue weighted by molar-refractivity contribution is 5.76. The van der Waals surface area contributed by atoms with Gasteiger partial charge in [-0.1, -0.05) is 29.4 Å². The lowest BCUT2D eigenvalue weighted by Crippen LogP contribution is -2.39. The minimum Gasteiger partial charge on any atom is -0.342 e. The van der Waals surface area contributed by atoms with Gasteiger partial charge in [0.25, 0.3) is 5.89 Å². The van der Waals surface area contributed by atoms with E-state index in [1.165, 1.54) is 6.07 Å². The molecule has 7 heteroatoms. The first-order valence-corrected chi connectivity index (χ1v) is 9.47. The van der Waals surface area contributed by atoms with E-state index >= 15 is 0 Å². The van der Waals surface area contributed by atoms with Crippen LogP contribution >= 0.6 is 0 Å². The van der Waals surface area contributed by atoms with E-state index in [1.54, 1.807) is 24.4 Å². The van der Waals surface area contributed by atoms with Crippen LogP contribution in [0.5, 0.6) is 0 Å². The summed E-state index contributed by atoms with van der Waals surface area (Å²) in [5.74, 6) is 0.792. The number of rotatable bonds is 5. The number of pyridine rings is 1. The molecule has 1 aromatic carbocycles. The highest BCUT2D eigenvalue weighted by Gasteiger charge is 2.28. The Kier molecular flexibility index (Phi) is 5.41. The Hall–Kier alpha value is -3.09. The Bertz CT molecular complexity index is 944. The Morgan fingerprint density at radius 2 is 2.07 bits per heavy atom. The fourth-order valence-electron chi connectivity index (χ4n) is 3.51. The number of aromatic nitrogens is 3. The van der Waals surface area contributed by atoms with Crippen LogP contribution in [0.15, 0.2) is 53.2 Å². The minimum atomic E-state index is -0.263. The van der Waals surface area contributed by atoms with Gasteiger partial charge in [-0.25, -0.2) is 4.39 Å². The van der Waals surface area contributed by atoms with E-state index in [-0.39, 0.29) is 17.6 Å². The molecule has 0 N–H and O–H groups in total. The van der Waals surface area contributed by atoms with Crippen molar-refractivity contribution in [3.05, 3.63) is 65.9 Å². The molecule has 4 rings (SSSR count). The van der Waals surface area contributed by atoms with Gasteiger partial charge in [-0.2, -0.15) is 4.98 Å². The maximum Gasteiger partial charge on any atom is 0.276 e. The molecule has 1 fully saturated rings. The Balaban J connectivity index is 1.38. The molecule has 0 saturated carbocycles. The molecule has 1 aliphatic heterocycles. The lowest BCUT2D eigenvalue weighted by atomic mass is 9.96. The maximum absolute atomic E-state index is 13.8. The normalized spacial score (nSPS) is 16.9. The number of benzene rings is 1. The van der Waals surface area contributed by atoms with Crippen LogP contribution in [-0.2, 0) is 11.2 Å². The second kappa shape index (κ2) is 8.29. The topological polar surface area (TPSA) is 72.1 Å².